The van der Waals surface area contributed by atoms with Crippen LogP contribution in [-0.4, -0.2) is 27.4 Å². The first-order chi connectivity index (χ1) is 8.47. The van der Waals surface area contributed by atoms with Gasteiger partial charge in [0.1, 0.15) is 0 Å². The molecule has 108 valence electrons. The van der Waals surface area contributed by atoms with Gasteiger partial charge in [0.05, 0.1) is 5.69 Å². The highest BCUT2D eigenvalue weighted by molar-refractivity contribution is 8.08. The first-order valence-corrected chi connectivity index (χ1v) is 7.76. The zero-order chi connectivity index (χ0) is 14.9. The minimum absolute atomic E-state index is 0.597. The standard InChI is InChI=1S/C8H7F4NO4S2/c9-8(10,11)18(14,15)6-19(16,17)13(12)7-4-2-1-3-5-7/h1-5H,6H2. The largest absolute Gasteiger partial charge is 0.498 e. The Labute approximate surface area is 106 Å². The first kappa shape index (κ1) is 15.7. The number of rotatable bonds is 4. The molecule has 0 unspecified atom stereocenters. The fourth-order valence-electron chi connectivity index (χ4n) is 1.01. The molecule has 0 aliphatic heterocycles. The molecule has 5 nitrogen and oxygen atoms in total. The lowest BCUT2D eigenvalue weighted by Gasteiger charge is -2.15. The van der Waals surface area contributed by atoms with Crippen LogP contribution in [-0.2, 0) is 19.9 Å². The third kappa shape index (κ3) is 3.56. The summed E-state index contributed by atoms with van der Waals surface area (Å²) in [4.78, 5) is 0. The number of sulfone groups is 1. The Morgan fingerprint density at radius 1 is 1.00 bits per heavy atom. The second-order valence-electron chi connectivity index (χ2n) is 3.34. The van der Waals surface area contributed by atoms with Crippen LogP contribution in [0.4, 0.5) is 23.3 Å². The molecule has 1 rings (SSSR count). The smallest absolute Gasteiger partial charge is 0.218 e. The lowest BCUT2D eigenvalue weighted by Crippen LogP contribution is -2.35. The Hall–Kier alpha value is -1.36. The minimum Gasteiger partial charge on any atom is -0.218 e. The summed E-state index contributed by atoms with van der Waals surface area (Å²) in [6, 6.07) is 5.79. The predicted molar refractivity (Wildman–Crippen MR) is 58.8 cm³/mol. The van der Waals surface area contributed by atoms with E-state index in [1.54, 1.807) is 0 Å². The number of anilines is 1. The highest BCUT2D eigenvalue weighted by Crippen LogP contribution is 2.27. The molecule has 0 aliphatic rings. The average Bonchev–Trinajstić information content (AvgIpc) is 2.26. The summed E-state index contributed by atoms with van der Waals surface area (Å²) in [5.74, 6) is 0. The van der Waals surface area contributed by atoms with Crippen molar-refractivity contribution in [3.8, 4) is 0 Å². The van der Waals surface area contributed by atoms with Crippen molar-refractivity contribution in [2.75, 3.05) is 9.61 Å². The molecular formula is C8H7F4NO4S2. The highest BCUT2D eigenvalue weighted by Gasteiger charge is 2.49. The monoisotopic (exact) mass is 321 g/mol. The third-order valence-corrected chi connectivity index (χ3v) is 5.70. The maximum Gasteiger partial charge on any atom is 0.498 e. The number of nitrogens with zero attached hydrogens (tertiary/aromatic N) is 1. The molecule has 0 spiro atoms. The van der Waals surface area contributed by atoms with Gasteiger partial charge in [-0.05, 0) is 12.1 Å². The van der Waals surface area contributed by atoms with Crippen molar-refractivity contribution in [1.29, 1.82) is 0 Å². The van der Waals surface area contributed by atoms with Gasteiger partial charge in [0.25, 0.3) is 19.9 Å². The fourth-order valence-corrected chi connectivity index (χ4v) is 3.93. The second-order valence-corrected chi connectivity index (χ2v) is 7.46. The molecule has 1 aromatic rings. The Kier molecular flexibility index (Phi) is 4.10. The van der Waals surface area contributed by atoms with Gasteiger partial charge in [-0.15, -0.1) is 4.53 Å². The quantitative estimate of drug-likeness (QED) is 0.624. The molecule has 0 heterocycles. The summed E-state index contributed by atoms with van der Waals surface area (Å²) in [5.41, 5.74) is -6.36. The van der Waals surface area contributed by atoms with Crippen molar-refractivity contribution in [1.82, 2.24) is 0 Å². The number of benzene rings is 1. The number of sulfonamides is 1. The summed E-state index contributed by atoms with van der Waals surface area (Å²) in [6.07, 6.45) is 0. The molecule has 0 fully saturated rings. The summed E-state index contributed by atoms with van der Waals surface area (Å²) in [5, 5.41) is -2.39. The zero-order valence-corrected chi connectivity index (χ0v) is 10.6. The van der Waals surface area contributed by atoms with Crippen molar-refractivity contribution in [2.45, 2.75) is 5.51 Å². The zero-order valence-electron chi connectivity index (χ0n) is 9.00. The fraction of sp³-hybridized carbons (Fsp3) is 0.250. The van der Waals surface area contributed by atoms with Gasteiger partial charge in [0.2, 0.25) is 0 Å². The molecule has 0 amide bonds. The van der Waals surface area contributed by atoms with E-state index in [1.165, 1.54) is 18.2 Å². The van der Waals surface area contributed by atoms with E-state index in [1.807, 2.05) is 0 Å². The summed E-state index contributed by atoms with van der Waals surface area (Å²) in [6.45, 7) is 0. The van der Waals surface area contributed by atoms with Gasteiger partial charge in [-0.3, -0.25) is 0 Å². The molecule has 0 saturated heterocycles. The Bertz CT molecular complexity index is 639. The molecule has 1 aromatic carbocycles. The van der Waals surface area contributed by atoms with Crippen LogP contribution in [0.25, 0.3) is 0 Å². The normalized spacial score (nSPS) is 13.3. The molecule has 0 N–H and O–H groups in total. The van der Waals surface area contributed by atoms with Gasteiger partial charge in [0.15, 0.2) is 5.08 Å². The van der Waals surface area contributed by atoms with Gasteiger partial charge in [-0.25, -0.2) is 16.8 Å². The Morgan fingerprint density at radius 3 is 1.89 bits per heavy atom. The first-order valence-electron chi connectivity index (χ1n) is 4.50. The van der Waals surface area contributed by atoms with E-state index in [4.69, 9.17) is 0 Å². The maximum atomic E-state index is 13.4. The lowest BCUT2D eigenvalue weighted by atomic mass is 10.3. The van der Waals surface area contributed by atoms with Crippen LogP contribution in [0.1, 0.15) is 0 Å². The molecule has 0 aliphatic carbocycles. The summed E-state index contributed by atoms with van der Waals surface area (Å²) in [7, 11) is -11.3. The summed E-state index contributed by atoms with van der Waals surface area (Å²) < 4.78 is 92.5. The number of alkyl halides is 3. The van der Waals surface area contributed by atoms with E-state index in [-0.39, 0.29) is 0 Å². The number of hydrogen-bond acceptors (Lipinski definition) is 4. The van der Waals surface area contributed by atoms with Crippen molar-refractivity contribution < 1.29 is 34.5 Å². The highest BCUT2D eigenvalue weighted by atomic mass is 32.3. The van der Waals surface area contributed by atoms with Crippen molar-refractivity contribution in [3.63, 3.8) is 0 Å². The maximum absolute atomic E-state index is 13.4. The molecule has 0 aromatic heterocycles. The van der Waals surface area contributed by atoms with E-state index in [2.05, 4.69) is 0 Å². The van der Waals surface area contributed by atoms with Crippen molar-refractivity contribution in [2.24, 2.45) is 0 Å². The van der Waals surface area contributed by atoms with Gasteiger partial charge in [-0.1, -0.05) is 22.7 Å². The topological polar surface area (TPSA) is 71.5 Å². The van der Waals surface area contributed by atoms with E-state index >= 15 is 0 Å². The Balaban J connectivity index is 3.08. The van der Waals surface area contributed by atoms with E-state index in [0.717, 1.165) is 12.1 Å². The number of hydrogen-bond donors (Lipinski definition) is 0. The van der Waals surface area contributed by atoms with Crippen LogP contribution in [0.3, 0.4) is 0 Å². The molecule has 0 radical (unpaired) electrons. The number of para-hydroxylation sites is 1. The Morgan fingerprint density at radius 2 is 1.47 bits per heavy atom. The number of halogens is 4. The molecule has 0 bridgehead atoms. The van der Waals surface area contributed by atoms with Crippen LogP contribution in [0.5, 0.6) is 0 Å². The molecule has 0 saturated carbocycles. The molecule has 0 atom stereocenters. The van der Waals surface area contributed by atoms with Gasteiger partial charge in [-0.2, -0.15) is 13.2 Å². The van der Waals surface area contributed by atoms with Crippen LogP contribution in [0, 0.1) is 0 Å². The second kappa shape index (κ2) is 4.96. The SMILES string of the molecule is O=S(=O)(CS(=O)(=O)C(F)(F)F)N(F)c1ccccc1. The van der Waals surface area contributed by atoms with Crippen molar-refractivity contribution in [3.05, 3.63) is 30.3 Å². The third-order valence-electron chi connectivity index (χ3n) is 1.86. The van der Waals surface area contributed by atoms with Crippen LogP contribution >= 0.6 is 0 Å². The van der Waals surface area contributed by atoms with Crippen LogP contribution in [0.15, 0.2) is 30.3 Å². The van der Waals surface area contributed by atoms with E-state index in [9.17, 15) is 34.5 Å². The van der Waals surface area contributed by atoms with Crippen LogP contribution in [0.2, 0.25) is 0 Å². The van der Waals surface area contributed by atoms with Gasteiger partial charge >= 0.3 is 5.51 Å². The average molecular weight is 321 g/mol. The van der Waals surface area contributed by atoms with E-state index in [0.29, 0.717) is 0 Å². The van der Waals surface area contributed by atoms with Crippen LogP contribution < -0.4 is 4.53 Å². The minimum atomic E-state index is -5.98. The lowest BCUT2D eigenvalue weighted by molar-refractivity contribution is -0.0431. The van der Waals surface area contributed by atoms with Crippen molar-refractivity contribution >= 4 is 25.5 Å². The van der Waals surface area contributed by atoms with E-state index < -0.39 is 40.7 Å². The molecule has 11 heteroatoms. The molecular weight excluding hydrogens is 314 g/mol. The summed E-state index contributed by atoms with van der Waals surface area (Å²) >= 11 is 0. The van der Waals surface area contributed by atoms with Gasteiger partial charge < -0.3 is 0 Å². The predicted octanol–water partition coefficient (Wildman–Crippen LogP) is 1.60. The van der Waals surface area contributed by atoms with Gasteiger partial charge in [0, 0.05) is 0 Å². The molecule has 19 heavy (non-hydrogen) atoms.